The number of hydrogen-bond acceptors (Lipinski definition) is 8. The van der Waals surface area contributed by atoms with Crippen LogP contribution >= 0.6 is 0 Å². The molecule has 168 valence electrons. The number of nitro benzene ring substituents is 1. The van der Waals surface area contributed by atoms with Crippen molar-refractivity contribution in [3.63, 3.8) is 0 Å². The van der Waals surface area contributed by atoms with Gasteiger partial charge in [0.25, 0.3) is 11.6 Å². The Hall–Kier alpha value is -4.73. The van der Waals surface area contributed by atoms with Crippen LogP contribution in [-0.2, 0) is 9.59 Å². The first-order valence-electron chi connectivity index (χ1n) is 10.5. The highest BCUT2D eigenvalue weighted by atomic mass is 16.7. The van der Waals surface area contributed by atoms with E-state index in [-0.39, 0.29) is 12.5 Å². The van der Waals surface area contributed by atoms with Gasteiger partial charge in [-0.25, -0.2) is 4.90 Å². The summed E-state index contributed by atoms with van der Waals surface area (Å²) < 4.78 is 10.7. The van der Waals surface area contributed by atoms with Crippen LogP contribution < -0.4 is 19.4 Å². The van der Waals surface area contributed by atoms with Gasteiger partial charge < -0.3 is 9.47 Å². The summed E-state index contributed by atoms with van der Waals surface area (Å²) in [6, 6.07) is 18.9. The molecule has 34 heavy (non-hydrogen) atoms. The van der Waals surface area contributed by atoms with Gasteiger partial charge in [0, 0.05) is 18.2 Å². The summed E-state index contributed by atoms with van der Waals surface area (Å²) >= 11 is 0. The van der Waals surface area contributed by atoms with Gasteiger partial charge in [0.15, 0.2) is 11.5 Å². The number of non-ortho nitro benzene ring substituents is 1. The predicted octanol–water partition coefficient (Wildman–Crippen LogP) is 3.11. The Bertz CT molecular complexity index is 1370. The molecule has 1 saturated heterocycles. The molecule has 1 fully saturated rings. The van der Waals surface area contributed by atoms with Crippen LogP contribution in [0, 0.1) is 16.0 Å². The maximum atomic E-state index is 13.7. The lowest BCUT2D eigenvalue weighted by Crippen LogP contribution is -2.39. The van der Waals surface area contributed by atoms with E-state index in [1.54, 1.807) is 47.5 Å². The van der Waals surface area contributed by atoms with Crippen molar-refractivity contribution in [3.8, 4) is 11.5 Å². The maximum absolute atomic E-state index is 13.7. The van der Waals surface area contributed by atoms with Gasteiger partial charge in [-0.15, -0.1) is 0 Å². The van der Waals surface area contributed by atoms with E-state index in [1.165, 1.54) is 12.1 Å². The molecule has 0 radical (unpaired) electrons. The zero-order chi connectivity index (χ0) is 23.4. The van der Waals surface area contributed by atoms with E-state index in [4.69, 9.17) is 9.47 Å². The first-order valence-corrected chi connectivity index (χ1v) is 10.5. The smallest absolute Gasteiger partial charge is 0.269 e. The minimum atomic E-state index is -0.884. The Morgan fingerprint density at radius 1 is 0.882 bits per heavy atom. The molecule has 0 aromatic heterocycles. The van der Waals surface area contributed by atoms with Crippen LogP contribution in [0.25, 0.3) is 0 Å². The molecular formula is C24H16N4O6. The number of para-hydroxylation sites is 1. The van der Waals surface area contributed by atoms with Crippen molar-refractivity contribution >= 4 is 34.6 Å². The second kappa shape index (κ2) is 7.41. The summed E-state index contributed by atoms with van der Waals surface area (Å²) in [5, 5.41) is 17.3. The first-order chi connectivity index (χ1) is 16.5. The highest BCUT2D eigenvalue weighted by Crippen LogP contribution is 2.42. The van der Waals surface area contributed by atoms with Crippen LogP contribution in [-0.4, -0.2) is 35.3 Å². The average molecular weight is 456 g/mol. The fourth-order valence-electron chi connectivity index (χ4n) is 4.48. The van der Waals surface area contributed by atoms with Crippen LogP contribution in [0.3, 0.4) is 0 Å². The molecule has 0 unspecified atom stereocenters. The Morgan fingerprint density at radius 2 is 1.62 bits per heavy atom. The average Bonchev–Trinajstić information content (AvgIpc) is 3.55. The number of benzene rings is 3. The lowest BCUT2D eigenvalue weighted by Gasteiger charge is -2.22. The fraction of sp³-hybridized carbons (Fsp3) is 0.125. The van der Waals surface area contributed by atoms with Gasteiger partial charge in [0.05, 0.1) is 22.0 Å². The van der Waals surface area contributed by atoms with Crippen LogP contribution in [0.15, 0.2) is 77.9 Å². The van der Waals surface area contributed by atoms with E-state index in [2.05, 4.69) is 5.10 Å². The van der Waals surface area contributed by atoms with Crippen LogP contribution in [0.1, 0.15) is 5.56 Å². The molecule has 0 saturated carbocycles. The molecule has 0 aliphatic carbocycles. The summed E-state index contributed by atoms with van der Waals surface area (Å²) in [5.74, 6) is -0.719. The molecule has 2 atom stereocenters. The third-order valence-corrected chi connectivity index (χ3v) is 6.06. The number of imide groups is 1. The molecule has 10 heteroatoms. The first kappa shape index (κ1) is 19.9. The van der Waals surface area contributed by atoms with E-state index in [0.717, 1.165) is 4.90 Å². The van der Waals surface area contributed by atoms with E-state index in [0.29, 0.717) is 34.1 Å². The minimum Gasteiger partial charge on any atom is -0.454 e. The topological polar surface area (TPSA) is 115 Å². The summed E-state index contributed by atoms with van der Waals surface area (Å²) in [6.45, 7) is 0.0741. The third-order valence-electron chi connectivity index (χ3n) is 6.06. The number of carbonyl (C=O) groups is 2. The van der Waals surface area contributed by atoms with Gasteiger partial charge in [0.2, 0.25) is 12.7 Å². The molecule has 3 heterocycles. The van der Waals surface area contributed by atoms with Crippen LogP contribution in [0.5, 0.6) is 11.5 Å². The van der Waals surface area contributed by atoms with E-state index >= 15 is 0 Å². The van der Waals surface area contributed by atoms with Crippen molar-refractivity contribution in [2.24, 2.45) is 11.0 Å². The Kier molecular flexibility index (Phi) is 4.34. The number of nitro groups is 1. The van der Waals surface area contributed by atoms with Crippen molar-refractivity contribution in [1.29, 1.82) is 0 Å². The number of hydrogen-bond donors (Lipinski definition) is 0. The van der Waals surface area contributed by atoms with Crippen molar-refractivity contribution in [3.05, 3.63) is 88.5 Å². The monoisotopic (exact) mass is 456 g/mol. The molecule has 10 nitrogen and oxygen atoms in total. The van der Waals surface area contributed by atoms with Crippen molar-refractivity contribution in [2.75, 3.05) is 16.7 Å². The van der Waals surface area contributed by atoms with Crippen molar-refractivity contribution in [1.82, 2.24) is 0 Å². The second-order valence-corrected chi connectivity index (χ2v) is 7.94. The quantitative estimate of drug-likeness (QED) is 0.337. The summed E-state index contributed by atoms with van der Waals surface area (Å²) in [6.07, 6.45) is 0. The molecule has 3 aromatic carbocycles. The molecule has 2 amide bonds. The molecule has 3 aliphatic heterocycles. The second-order valence-electron chi connectivity index (χ2n) is 7.94. The molecule has 0 spiro atoms. The number of ether oxygens (including phenoxy) is 2. The van der Waals surface area contributed by atoms with E-state index in [9.17, 15) is 19.7 Å². The molecule has 3 aromatic rings. The summed E-state index contributed by atoms with van der Waals surface area (Å²) in [7, 11) is 0. The van der Waals surface area contributed by atoms with Gasteiger partial charge in [-0.05, 0) is 42.0 Å². The Morgan fingerprint density at radius 3 is 2.35 bits per heavy atom. The Balaban J connectivity index is 1.44. The largest absolute Gasteiger partial charge is 0.454 e. The van der Waals surface area contributed by atoms with Crippen molar-refractivity contribution in [2.45, 2.75) is 6.04 Å². The predicted molar refractivity (Wildman–Crippen MR) is 121 cm³/mol. The van der Waals surface area contributed by atoms with Crippen LogP contribution in [0.4, 0.5) is 17.1 Å². The third kappa shape index (κ3) is 2.92. The summed E-state index contributed by atoms with van der Waals surface area (Å²) in [5.41, 5.74) is 1.88. The Labute approximate surface area is 192 Å². The molecule has 0 N–H and O–H groups in total. The molecule has 6 rings (SSSR count). The highest BCUT2D eigenvalue weighted by Gasteiger charge is 2.57. The number of fused-ring (bicyclic) bond motifs is 2. The highest BCUT2D eigenvalue weighted by molar-refractivity contribution is 6.34. The van der Waals surface area contributed by atoms with Gasteiger partial charge in [-0.3, -0.25) is 24.7 Å². The fourth-order valence-corrected chi connectivity index (χ4v) is 4.48. The number of anilines is 2. The number of nitrogens with zero attached hydrogens (tertiary/aromatic N) is 4. The zero-order valence-corrected chi connectivity index (χ0v) is 17.5. The van der Waals surface area contributed by atoms with E-state index < -0.39 is 28.7 Å². The number of rotatable bonds is 4. The summed E-state index contributed by atoms with van der Waals surface area (Å²) in [4.78, 5) is 39.0. The minimum absolute atomic E-state index is 0.0741. The maximum Gasteiger partial charge on any atom is 0.269 e. The number of carbonyl (C=O) groups excluding carboxylic acids is 2. The normalized spacial score (nSPS) is 20.5. The van der Waals surface area contributed by atoms with Crippen LogP contribution in [0.2, 0.25) is 0 Å². The SMILES string of the molecule is O=C1[C@H]2C(c3ccc([N+](=O)[O-])cc3)=NN(c3ccccc3)[C@@H]2C(=O)N1c1ccc2c(c1)OCO2. The lowest BCUT2D eigenvalue weighted by atomic mass is 9.92. The van der Waals surface area contributed by atoms with Crippen molar-refractivity contribution < 1.29 is 24.0 Å². The van der Waals surface area contributed by atoms with Gasteiger partial charge in [0.1, 0.15) is 12.0 Å². The van der Waals surface area contributed by atoms with Gasteiger partial charge in [-0.1, -0.05) is 18.2 Å². The molecular weight excluding hydrogens is 440 g/mol. The van der Waals surface area contributed by atoms with Gasteiger partial charge >= 0.3 is 0 Å². The number of amides is 2. The lowest BCUT2D eigenvalue weighted by molar-refractivity contribution is -0.384. The molecule has 0 bridgehead atoms. The van der Waals surface area contributed by atoms with E-state index in [1.807, 2.05) is 18.2 Å². The van der Waals surface area contributed by atoms with Gasteiger partial charge in [-0.2, -0.15) is 5.10 Å². The standard InChI is InChI=1S/C24H16N4O6/c29-23-20-21(14-6-8-16(9-7-14)28(31)32)25-27(15-4-2-1-3-5-15)22(20)24(30)26(23)17-10-11-18-19(12-17)34-13-33-18/h1-12,20,22H,13H2/t20-,22-/m0/s1. The molecule has 3 aliphatic rings. The zero-order valence-electron chi connectivity index (χ0n) is 17.5. The number of hydrazone groups is 1.